The molecule has 12 aromatic rings. The van der Waals surface area contributed by atoms with Crippen molar-refractivity contribution in [2.75, 3.05) is 9.80 Å². The van der Waals surface area contributed by atoms with Gasteiger partial charge in [0, 0.05) is 39.5 Å². The van der Waals surface area contributed by atoms with Gasteiger partial charge in [-0.2, -0.15) is 0 Å². The first kappa shape index (κ1) is 48.9. The van der Waals surface area contributed by atoms with Gasteiger partial charge in [-0.15, -0.1) is 0 Å². The largest absolute Gasteiger partial charge is 0.310 e. The second-order valence-corrected chi connectivity index (χ2v) is 21.2. The van der Waals surface area contributed by atoms with E-state index in [0.717, 1.165) is 34.1 Å². The number of hydrogen-bond donors (Lipinski definition) is 0. The molecule has 13 rings (SSSR count). The fourth-order valence-corrected chi connectivity index (χ4v) is 12.9. The molecule has 1 aliphatic carbocycles. The van der Waals surface area contributed by atoms with Gasteiger partial charge in [0.05, 0.1) is 10.8 Å². The van der Waals surface area contributed by atoms with Crippen LogP contribution in [0.15, 0.2) is 328 Å². The van der Waals surface area contributed by atoms with Gasteiger partial charge in [-0.25, -0.2) is 0 Å². The molecule has 0 N–H and O–H groups in total. The second-order valence-electron chi connectivity index (χ2n) is 21.2. The minimum absolute atomic E-state index is 0.309. The van der Waals surface area contributed by atoms with E-state index in [-0.39, 0.29) is 5.41 Å². The number of para-hydroxylation sites is 2. The predicted octanol–water partition coefficient (Wildman–Crippen LogP) is 19.7. The van der Waals surface area contributed by atoms with Crippen LogP contribution in [0, 0.1) is 0 Å². The molecule has 0 heterocycles. The molecule has 0 amide bonds. The Balaban J connectivity index is 0.888. The highest BCUT2D eigenvalue weighted by atomic mass is 15.1. The molecule has 0 spiro atoms. The van der Waals surface area contributed by atoms with Crippen molar-refractivity contribution in [1.29, 1.82) is 0 Å². The Morgan fingerprint density at radius 1 is 0.215 bits per heavy atom. The molecule has 2 nitrogen and oxygen atoms in total. The van der Waals surface area contributed by atoms with Gasteiger partial charge >= 0.3 is 0 Å². The average Bonchev–Trinajstić information content (AvgIpc) is 3.92. The van der Waals surface area contributed by atoms with Crippen molar-refractivity contribution in [3.63, 3.8) is 0 Å². The van der Waals surface area contributed by atoms with Crippen molar-refractivity contribution < 1.29 is 0 Å². The first-order valence-electron chi connectivity index (χ1n) is 27.5. The van der Waals surface area contributed by atoms with Crippen LogP contribution in [0.1, 0.15) is 69.5 Å². The quantitative estimate of drug-likeness (QED) is 0.100. The molecule has 0 unspecified atom stereocenters. The van der Waals surface area contributed by atoms with Crippen LogP contribution in [0.2, 0.25) is 0 Å². The normalized spacial score (nSPS) is 12.5. The van der Waals surface area contributed by atoms with Gasteiger partial charge < -0.3 is 9.80 Å². The van der Waals surface area contributed by atoms with Crippen LogP contribution >= 0.6 is 0 Å². The van der Waals surface area contributed by atoms with Gasteiger partial charge in [0.25, 0.3) is 0 Å². The third-order valence-corrected chi connectivity index (χ3v) is 16.5. The van der Waals surface area contributed by atoms with E-state index < -0.39 is 10.8 Å². The van der Waals surface area contributed by atoms with E-state index in [2.05, 4.69) is 351 Å². The van der Waals surface area contributed by atoms with E-state index in [4.69, 9.17) is 0 Å². The van der Waals surface area contributed by atoms with E-state index in [1.165, 1.54) is 66.8 Å². The number of anilines is 6. The number of hydrogen-bond acceptors (Lipinski definition) is 2. The molecule has 0 aliphatic heterocycles. The SMILES string of the molecule is CC1(C)c2cc(N(c3ccccc3)c3ccc(C(c4ccccc4)(c4ccccc4)c4ccccc4)cc3)ccc2-c2ccc(N(c3ccccc3)c3ccc(C(c4ccccc4)(c4ccccc4)c4ccccc4)cc3)cc21. The molecular formula is C77H60N2. The molecule has 0 saturated heterocycles. The summed E-state index contributed by atoms with van der Waals surface area (Å²) in [5.41, 5.74) is 20.1. The van der Waals surface area contributed by atoms with Crippen molar-refractivity contribution in [2.45, 2.75) is 30.1 Å². The molecule has 0 radical (unpaired) electrons. The first-order chi connectivity index (χ1) is 39.0. The summed E-state index contributed by atoms with van der Waals surface area (Å²) in [4.78, 5) is 4.82. The molecular weight excluding hydrogens is 953 g/mol. The van der Waals surface area contributed by atoms with Gasteiger partial charge in [-0.3, -0.25) is 0 Å². The minimum atomic E-state index is -0.541. The lowest BCUT2D eigenvalue weighted by Gasteiger charge is -2.37. The zero-order valence-electron chi connectivity index (χ0n) is 44.6. The fraction of sp³-hybridized carbons (Fsp3) is 0.0649. The van der Waals surface area contributed by atoms with Crippen LogP contribution in [0.4, 0.5) is 34.1 Å². The van der Waals surface area contributed by atoms with E-state index in [1.54, 1.807) is 0 Å². The average molecular weight is 1010 g/mol. The van der Waals surface area contributed by atoms with E-state index >= 15 is 0 Å². The lowest BCUT2D eigenvalue weighted by Crippen LogP contribution is -2.31. The van der Waals surface area contributed by atoms with Crippen LogP contribution < -0.4 is 9.80 Å². The maximum absolute atomic E-state index is 2.43. The van der Waals surface area contributed by atoms with Crippen LogP contribution in [0.3, 0.4) is 0 Å². The Morgan fingerprint density at radius 2 is 0.418 bits per heavy atom. The molecule has 378 valence electrons. The Kier molecular flexibility index (Phi) is 12.8. The Morgan fingerprint density at radius 3 is 0.671 bits per heavy atom. The fourth-order valence-electron chi connectivity index (χ4n) is 12.9. The molecule has 0 atom stereocenters. The van der Waals surface area contributed by atoms with Crippen molar-refractivity contribution >= 4 is 34.1 Å². The first-order valence-corrected chi connectivity index (χ1v) is 27.5. The molecule has 0 bridgehead atoms. The van der Waals surface area contributed by atoms with E-state index in [0.29, 0.717) is 0 Å². The topological polar surface area (TPSA) is 6.48 Å². The molecule has 79 heavy (non-hydrogen) atoms. The predicted molar refractivity (Wildman–Crippen MR) is 330 cm³/mol. The summed E-state index contributed by atoms with van der Waals surface area (Å²) < 4.78 is 0. The summed E-state index contributed by atoms with van der Waals surface area (Å²) >= 11 is 0. The number of nitrogens with zero attached hydrogens (tertiary/aromatic N) is 2. The summed E-state index contributed by atoms with van der Waals surface area (Å²) in [7, 11) is 0. The molecule has 12 aromatic carbocycles. The lowest BCUT2D eigenvalue weighted by atomic mass is 9.65. The standard InChI is InChI=1S/C77H60N2/c1-75(2)73-55-69(78(65-39-23-9-24-40-65)67-47-43-63(44-48-67)76(57-27-11-3-12-28-57,58-29-13-4-14-30-58)59-31-15-5-16-32-59)51-53-71(73)72-54-52-70(56-74(72)75)79(66-41-25-10-26-42-66)68-49-45-64(46-50-68)77(60-33-17-6-18-34-60,61-35-19-7-20-36-61)62-37-21-8-22-38-62/h3-56H,1-2H3. The Hall–Kier alpha value is -9.76. The number of rotatable bonds is 14. The van der Waals surface area contributed by atoms with Crippen molar-refractivity contribution in [3.8, 4) is 11.1 Å². The Bertz CT molecular complexity index is 3520. The van der Waals surface area contributed by atoms with Crippen molar-refractivity contribution in [1.82, 2.24) is 0 Å². The number of benzene rings is 12. The lowest BCUT2D eigenvalue weighted by molar-refractivity contribution is 0.660. The maximum atomic E-state index is 2.43. The van der Waals surface area contributed by atoms with E-state index in [1.807, 2.05) is 0 Å². The maximum Gasteiger partial charge on any atom is 0.0701 e. The molecule has 0 fully saturated rings. The third-order valence-electron chi connectivity index (χ3n) is 16.5. The summed E-state index contributed by atoms with van der Waals surface area (Å²) in [6.45, 7) is 4.78. The molecule has 2 heteroatoms. The van der Waals surface area contributed by atoms with Gasteiger partial charge in [-0.05, 0) is 140 Å². The molecule has 0 aromatic heterocycles. The van der Waals surface area contributed by atoms with Gasteiger partial charge in [0.2, 0.25) is 0 Å². The van der Waals surface area contributed by atoms with Crippen LogP contribution in [0.25, 0.3) is 11.1 Å². The van der Waals surface area contributed by atoms with Gasteiger partial charge in [0.1, 0.15) is 0 Å². The van der Waals surface area contributed by atoms with Gasteiger partial charge in [-0.1, -0.05) is 269 Å². The highest BCUT2D eigenvalue weighted by molar-refractivity contribution is 5.88. The summed E-state index contributed by atoms with van der Waals surface area (Å²) in [5, 5.41) is 0. The third kappa shape index (κ3) is 8.45. The zero-order valence-corrected chi connectivity index (χ0v) is 44.6. The monoisotopic (exact) mass is 1010 g/mol. The summed E-state index contributed by atoms with van der Waals surface area (Å²) in [6.07, 6.45) is 0. The number of fused-ring (bicyclic) bond motifs is 3. The Labute approximate surface area is 465 Å². The summed E-state index contributed by atoms with van der Waals surface area (Å²) in [5.74, 6) is 0. The van der Waals surface area contributed by atoms with Gasteiger partial charge in [0.15, 0.2) is 0 Å². The van der Waals surface area contributed by atoms with Crippen LogP contribution in [0.5, 0.6) is 0 Å². The highest BCUT2D eigenvalue weighted by Crippen LogP contribution is 2.54. The molecule has 0 saturated carbocycles. The highest BCUT2D eigenvalue weighted by Gasteiger charge is 2.41. The van der Waals surface area contributed by atoms with Crippen LogP contribution in [-0.2, 0) is 16.2 Å². The second kappa shape index (κ2) is 20.6. The van der Waals surface area contributed by atoms with Crippen molar-refractivity contribution in [2.24, 2.45) is 0 Å². The van der Waals surface area contributed by atoms with Crippen LogP contribution in [-0.4, -0.2) is 0 Å². The zero-order chi connectivity index (χ0) is 53.2. The summed E-state index contributed by atoms with van der Waals surface area (Å²) in [6, 6.07) is 120. The smallest absolute Gasteiger partial charge is 0.0701 e. The van der Waals surface area contributed by atoms with E-state index in [9.17, 15) is 0 Å². The molecule has 1 aliphatic rings. The minimum Gasteiger partial charge on any atom is -0.310 e. The van der Waals surface area contributed by atoms with Crippen molar-refractivity contribution in [3.05, 3.63) is 383 Å².